The molecule has 3 N–H and O–H groups in total. The number of nitrogens with zero attached hydrogens (tertiary/aromatic N) is 1. The number of halogens is 1. The normalized spacial score (nSPS) is 14.8. The Hall–Kier alpha value is -1.51. The molecular formula is C19H31IN4O2. The third-order valence-electron chi connectivity index (χ3n) is 3.94. The van der Waals surface area contributed by atoms with E-state index in [9.17, 15) is 4.79 Å². The summed E-state index contributed by atoms with van der Waals surface area (Å²) >= 11 is 0. The molecule has 0 heterocycles. The van der Waals surface area contributed by atoms with Crippen LogP contribution in [0.4, 0.5) is 0 Å². The van der Waals surface area contributed by atoms with E-state index in [0.29, 0.717) is 19.6 Å². The van der Waals surface area contributed by atoms with Gasteiger partial charge in [-0.15, -0.1) is 24.0 Å². The van der Waals surface area contributed by atoms with Gasteiger partial charge in [0.15, 0.2) is 5.96 Å². The Balaban J connectivity index is 0.00000338. The number of hydrogen-bond donors (Lipinski definition) is 3. The van der Waals surface area contributed by atoms with E-state index >= 15 is 0 Å². The number of carbonyl (C=O) groups is 1. The quantitative estimate of drug-likeness (QED) is 0.223. The van der Waals surface area contributed by atoms with E-state index in [1.807, 2.05) is 45.0 Å². The average molecular weight is 474 g/mol. The summed E-state index contributed by atoms with van der Waals surface area (Å²) in [5.74, 6) is 2.06. The lowest BCUT2D eigenvalue weighted by Gasteiger charge is -2.16. The van der Waals surface area contributed by atoms with E-state index < -0.39 is 0 Å². The van der Waals surface area contributed by atoms with Crippen LogP contribution in [0.25, 0.3) is 0 Å². The first-order valence-electron chi connectivity index (χ1n) is 9.12. The van der Waals surface area contributed by atoms with Crippen molar-refractivity contribution in [3.8, 4) is 5.75 Å². The smallest absolute Gasteiger partial charge is 0.223 e. The van der Waals surface area contributed by atoms with Gasteiger partial charge in [-0.25, -0.2) is 4.99 Å². The number of guanidine groups is 1. The highest BCUT2D eigenvalue weighted by Crippen LogP contribution is 2.28. The molecule has 0 radical (unpaired) electrons. The SMILES string of the molecule is CCNC(=NCC(C)Oc1ccccc1C)NCCNC(=O)C1CC1.I. The fraction of sp³-hybridized carbons (Fsp3) is 0.579. The molecule has 7 heteroatoms. The van der Waals surface area contributed by atoms with Crippen molar-refractivity contribution in [1.82, 2.24) is 16.0 Å². The van der Waals surface area contributed by atoms with E-state index in [-0.39, 0.29) is 41.9 Å². The van der Waals surface area contributed by atoms with Crippen LogP contribution in [0.1, 0.15) is 32.3 Å². The standard InChI is InChI=1S/C19H30N4O2.HI/c1-4-20-19(22-12-11-21-18(24)16-9-10-16)23-13-15(3)25-17-8-6-5-7-14(17)2;/h5-8,15-16H,4,9-13H2,1-3H3,(H,21,24)(H2,20,22,23);1H. The van der Waals surface area contributed by atoms with Gasteiger partial charge >= 0.3 is 0 Å². The van der Waals surface area contributed by atoms with Gasteiger partial charge in [-0.2, -0.15) is 0 Å². The van der Waals surface area contributed by atoms with Crippen LogP contribution < -0.4 is 20.7 Å². The van der Waals surface area contributed by atoms with Gasteiger partial charge in [-0.3, -0.25) is 4.79 Å². The predicted octanol–water partition coefficient (Wildman–Crippen LogP) is 2.46. The molecule has 0 aromatic heterocycles. The number of benzene rings is 1. The molecule has 1 aliphatic rings. The third kappa shape index (κ3) is 8.25. The van der Waals surface area contributed by atoms with Crippen LogP contribution in [0.5, 0.6) is 5.75 Å². The highest BCUT2D eigenvalue weighted by molar-refractivity contribution is 14.0. The molecule has 1 aliphatic carbocycles. The molecule has 0 saturated heterocycles. The van der Waals surface area contributed by atoms with Gasteiger partial charge in [0, 0.05) is 25.6 Å². The fourth-order valence-electron chi connectivity index (χ4n) is 2.36. The number of rotatable bonds is 9. The van der Waals surface area contributed by atoms with Crippen LogP contribution >= 0.6 is 24.0 Å². The minimum absolute atomic E-state index is 0. The number of ether oxygens (including phenoxy) is 1. The zero-order valence-corrected chi connectivity index (χ0v) is 18.2. The first-order valence-corrected chi connectivity index (χ1v) is 9.12. The molecule has 2 rings (SSSR count). The van der Waals surface area contributed by atoms with Crippen LogP contribution in [0.15, 0.2) is 29.3 Å². The molecule has 1 atom stereocenters. The summed E-state index contributed by atoms with van der Waals surface area (Å²) in [6, 6.07) is 7.98. The van der Waals surface area contributed by atoms with Crippen molar-refractivity contribution in [3.05, 3.63) is 29.8 Å². The zero-order valence-electron chi connectivity index (χ0n) is 15.9. The number of para-hydroxylation sites is 1. The van der Waals surface area contributed by atoms with Gasteiger partial charge in [0.2, 0.25) is 5.91 Å². The summed E-state index contributed by atoms with van der Waals surface area (Å²) in [6.45, 7) is 8.67. The summed E-state index contributed by atoms with van der Waals surface area (Å²) in [4.78, 5) is 16.2. The Kier molecular flexibility index (Phi) is 10.4. The highest BCUT2D eigenvalue weighted by Gasteiger charge is 2.28. The van der Waals surface area contributed by atoms with E-state index in [4.69, 9.17) is 4.74 Å². The second-order valence-corrected chi connectivity index (χ2v) is 6.41. The lowest BCUT2D eigenvalue weighted by atomic mass is 10.2. The van der Waals surface area contributed by atoms with Crippen molar-refractivity contribution >= 4 is 35.8 Å². The van der Waals surface area contributed by atoms with Crippen LogP contribution in [0.2, 0.25) is 0 Å². The average Bonchev–Trinajstić information content (AvgIpc) is 3.43. The van der Waals surface area contributed by atoms with Crippen molar-refractivity contribution in [2.75, 3.05) is 26.2 Å². The van der Waals surface area contributed by atoms with Crippen molar-refractivity contribution in [2.45, 2.75) is 39.7 Å². The molecule has 0 aliphatic heterocycles. The van der Waals surface area contributed by atoms with Gasteiger partial charge in [0.25, 0.3) is 0 Å². The minimum Gasteiger partial charge on any atom is -0.489 e. The number of amides is 1. The molecular weight excluding hydrogens is 443 g/mol. The van der Waals surface area contributed by atoms with Gasteiger partial charge in [0.1, 0.15) is 11.9 Å². The monoisotopic (exact) mass is 474 g/mol. The number of hydrogen-bond acceptors (Lipinski definition) is 3. The van der Waals surface area contributed by atoms with Gasteiger partial charge < -0.3 is 20.7 Å². The van der Waals surface area contributed by atoms with Crippen molar-refractivity contribution in [1.29, 1.82) is 0 Å². The molecule has 1 aromatic rings. The van der Waals surface area contributed by atoms with Crippen LogP contribution in [-0.2, 0) is 4.79 Å². The minimum atomic E-state index is -0.0221. The molecule has 1 aromatic carbocycles. The highest BCUT2D eigenvalue weighted by atomic mass is 127. The Bertz CT molecular complexity index is 591. The summed E-state index contributed by atoms with van der Waals surface area (Å²) in [5, 5.41) is 9.38. The van der Waals surface area contributed by atoms with E-state index in [1.165, 1.54) is 0 Å². The van der Waals surface area contributed by atoms with Crippen molar-refractivity contribution in [3.63, 3.8) is 0 Å². The molecule has 1 unspecified atom stereocenters. The lowest BCUT2D eigenvalue weighted by molar-refractivity contribution is -0.122. The molecule has 1 fully saturated rings. The molecule has 0 bridgehead atoms. The van der Waals surface area contributed by atoms with Crippen LogP contribution in [0.3, 0.4) is 0 Å². The predicted molar refractivity (Wildman–Crippen MR) is 116 cm³/mol. The Morgan fingerprint density at radius 1 is 1.23 bits per heavy atom. The summed E-state index contributed by atoms with van der Waals surface area (Å²) in [6.07, 6.45) is 2.04. The molecule has 0 spiro atoms. The maximum Gasteiger partial charge on any atom is 0.223 e. The summed E-state index contributed by atoms with van der Waals surface area (Å²) < 4.78 is 5.94. The Morgan fingerprint density at radius 2 is 1.92 bits per heavy atom. The van der Waals surface area contributed by atoms with Crippen LogP contribution in [-0.4, -0.2) is 44.1 Å². The number of aliphatic imine (C=N–C) groups is 1. The first-order chi connectivity index (χ1) is 12.1. The number of carbonyl (C=O) groups excluding carboxylic acids is 1. The molecule has 26 heavy (non-hydrogen) atoms. The Morgan fingerprint density at radius 3 is 2.58 bits per heavy atom. The molecule has 1 saturated carbocycles. The first kappa shape index (κ1) is 22.5. The number of nitrogens with one attached hydrogen (secondary N) is 3. The molecule has 146 valence electrons. The summed E-state index contributed by atoms with van der Waals surface area (Å²) in [5.41, 5.74) is 1.12. The van der Waals surface area contributed by atoms with Gasteiger partial charge in [-0.1, -0.05) is 18.2 Å². The molecule has 1 amide bonds. The number of aryl methyl sites for hydroxylation is 1. The Labute approximate surface area is 173 Å². The largest absolute Gasteiger partial charge is 0.489 e. The zero-order chi connectivity index (χ0) is 18.1. The van der Waals surface area contributed by atoms with Crippen molar-refractivity contribution in [2.24, 2.45) is 10.9 Å². The van der Waals surface area contributed by atoms with Gasteiger partial charge in [0.05, 0.1) is 6.54 Å². The van der Waals surface area contributed by atoms with E-state index in [2.05, 4.69) is 20.9 Å². The second kappa shape index (κ2) is 12.0. The van der Waals surface area contributed by atoms with E-state index in [1.54, 1.807) is 0 Å². The van der Waals surface area contributed by atoms with E-state index in [0.717, 1.165) is 36.7 Å². The van der Waals surface area contributed by atoms with Crippen LogP contribution in [0, 0.1) is 12.8 Å². The second-order valence-electron chi connectivity index (χ2n) is 6.41. The van der Waals surface area contributed by atoms with Crippen molar-refractivity contribution < 1.29 is 9.53 Å². The fourth-order valence-corrected chi connectivity index (χ4v) is 2.36. The third-order valence-corrected chi connectivity index (χ3v) is 3.94. The summed E-state index contributed by atoms with van der Waals surface area (Å²) in [7, 11) is 0. The maximum atomic E-state index is 11.6. The lowest BCUT2D eigenvalue weighted by Crippen LogP contribution is -2.42. The topological polar surface area (TPSA) is 74.8 Å². The molecule has 6 nitrogen and oxygen atoms in total. The maximum absolute atomic E-state index is 11.6. The van der Waals surface area contributed by atoms with Gasteiger partial charge in [-0.05, 0) is 45.2 Å².